The number of benzene rings is 1. The van der Waals surface area contributed by atoms with Gasteiger partial charge in [0.25, 0.3) is 0 Å². The summed E-state index contributed by atoms with van der Waals surface area (Å²) in [5, 5.41) is 9.35. The quantitative estimate of drug-likeness (QED) is 0.583. The third-order valence-electron chi connectivity index (χ3n) is 6.36. The number of imidazole rings is 1. The van der Waals surface area contributed by atoms with Gasteiger partial charge in [-0.25, -0.2) is 27.0 Å². The van der Waals surface area contributed by atoms with Gasteiger partial charge >= 0.3 is 6.09 Å². The van der Waals surface area contributed by atoms with Crippen LogP contribution < -0.4 is 4.31 Å². The van der Waals surface area contributed by atoms with Crippen LogP contribution in [-0.4, -0.2) is 72.0 Å². The van der Waals surface area contributed by atoms with Gasteiger partial charge in [-0.3, -0.25) is 4.31 Å². The number of sulfonamides is 1. The molecule has 1 atom stereocenters. The number of nitrogens with zero attached hydrogens (tertiary/aromatic N) is 4. The molecule has 0 radical (unpaired) electrons. The molecule has 2 aliphatic rings. The predicted molar refractivity (Wildman–Crippen MR) is 124 cm³/mol. The van der Waals surface area contributed by atoms with Gasteiger partial charge in [0.1, 0.15) is 17.3 Å². The average molecular weight is 507 g/mol. The zero-order valence-corrected chi connectivity index (χ0v) is 19.8. The molecule has 9 nitrogen and oxygen atoms in total. The molecular weight excluding hydrogens is 482 g/mol. The van der Waals surface area contributed by atoms with Gasteiger partial charge in [-0.05, 0) is 43.2 Å². The maximum atomic E-state index is 15.4. The van der Waals surface area contributed by atoms with E-state index in [4.69, 9.17) is 4.74 Å². The van der Waals surface area contributed by atoms with Crippen LogP contribution in [0.2, 0.25) is 0 Å². The molecule has 1 N–H and O–H groups in total. The summed E-state index contributed by atoms with van der Waals surface area (Å²) >= 11 is 0. The van der Waals surface area contributed by atoms with Gasteiger partial charge in [0.05, 0.1) is 47.6 Å². The Labute approximate surface area is 200 Å². The van der Waals surface area contributed by atoms with Crippen molar-refractivity contribution in [1.29, 1.82) is 0 Å². The van der Waals surface area contributed by atoms with E-state index in [2.05, 4.69) is 4.98 Å². The maximum absolute atomic E-state index is 15.4. The zero-order valence-electron chi connectivity index (χ0n) is 18.9. The first kappa shape index (κ1) is 23.5. The van der Waals surface area contributed by atoms with Crippen LogP contribution in [0.4, 0.5) is 19.3 Å². The van der Waals surface area contributed by atoms with E-state index in [-0.39, 0.29) is 55.4 Å². The third kappa shape index (κ3) is 4.31. The van der Waals surface area contributed by atoms with Crippen molar-refractivity contribution >= 4 is 27.5 Å². The topological polar surface area (TPSA) is 104 Å². The Balaban J connectivity index is 1.59. The molecule has 0 spiro atoms. The zero-order chi connectivity index (χ0) is 24.9. The lowest BCUT2D eigenvalue weighted by Crippen LogP contribution is -2.45. The van der Waals surface area contributed by atoms with Gasteiger partial charge in [-0.1, -0.05) is 0 Å². The van der Waals surface area contributed by atoms with E-state index in [1.165, 1.54) is 4.90 Å². The number of anilines is 1. The van der Waals surface area contributed by atoms with Gasteiger partial charge in [-0.2, -0.15) is 0 Å². The standard InChI is InChI=1S/C23H24F2N4O5S/c1-14-3-5-28-19(12-16-13-27(23(30)31)6-7-34-16)22(26-20(28)9-14)21-17(24)10-15(11-18(21)25)29-4-2-8-35(29,32)33/h3,5,9-11,16H,2,4,6-8,12-13H2,1H3,(H,30,31)/t16-/m0/s1. The Hall–Kier alpha value is -3.25. The Kier molecular flexibility index (Phi) is 5.88. The minimum absolute atomic E-state index is 0.0601. The minimum Gasteiger partial charge on any atom is -0.465 e. The second-order valence-corrected chi connectivity index (χ2v) is 10.8. The fourth-order valence-electron chi connectivity index (χ4n) is 4.68. The summed E-state index contributed by atoms with van der Waals surface area (Å²) < 4.78 is 63.8. The van der Waals surface area contributed by atoms with E-state index in [1.54, 1.807) is 16.7 Å². The number of amides is 1. The summed E-state index contributed by atoms with van der Waals surface area (Å²) in [4.78, 5) is 17.2. The van der Waals surface area contributed by atoms with Gasteiger partial charge in [0, 0.05) is 25.7 Å². The highest BCUT2D eigenvalue weighted by atomic mass is 32.2. The molecule has 1 aromatic carbocycles. The monoisotopic (exact) mass is 506 g/mol. The van der Waals surface area contributed by atoms with Crippen LogP contribution in [0.25, 0.3) is 16.9 Å². The number of carbonyl (C=O) groups is 1. The van der Waals surface area contributed by atoms with Crippen molar-refractivity contribution in [3.05, 3.63) is 53.4 Å². The summed E-state index contributed by atoms with van der Waals surface area (Å²) in [5.41, 5.74) is 1.49. The van der Waals surface area contributed by atoms with Crippen LogP contribution >= 0.6 is 0 Å². The van der Waals surface area contributed by atoms with Gasteiger partial charge < -0.3 is 19.1 Å². The van der Waals surface area contributed by atoms with Crippen LogP contribution in [0.5, 0.6) is 0 Å². The molecule has 2 aromatic heterocycles. The van der Waals surface area contributed by atoms with Crippen molar-refractivity contribution in [2.75, 3.05) is 36.3 Å². The summed E-state index contributed by atoms with van der Waals surface area (Å²) in [6.07, 6.45) is 0.717. The summed E-state index contributed by atoms with van der Waals surface area (Å²) in [6.45, 7) is 2.61. The summed E-state index contributed by atoms with van der Waals surface area (Å²) in [5.74, 6) is -1.93. The first-order valence-corrected chi connectivity index (χ1v) is 12.8. The molecule has 3 aromatic rings. The molecule has 1 amide bonds. The van der Waals surface area contributed by atoms with Crippen molar-refractivity contribution < 1.29 is 31.8 Å². The fraction of sp³-hybridized carbons (Fsp3) is 0.391. The minimum atomic E-state index is -3.60. The van der Waals surface area contributed by atoms with Crippen LogP contribution in [0.1, 0.15) is 17.7 Å². The largest absolute Gasteiger partial charge is 0.465 e. The molecule has 0 unspecified atom stereocenters. The Morgan fingerprint density at radius 3 is 2.63 bits per heavy atom. The lowest BCUT2D eigenvalue weighted by molar-refractivity contribution is -0.0214. The Bertz CT molecular complexity index is 1400. The molecule has 12 heteroatoms. The number of pyridine rings is 1. The smallest absolute Gasteiger partial charge is 0.407 e. The number of ether oxygens (including phenoxy) is 1. The number of hydrogen-bond donors (Lipinski definition) is 1. The predicted octanol–water partition coefficient (Wildman–Crippen LogP) is 3.05. The lowest BCUT2D eigenvalue weighted by atomic mass is 10.0. The van der Waals surface area contributed by atoms with Gasteiger partial charge in [0.2, 0.25) is 10.0 Å². The highest BCUT2D eigenvalue weighted by Crippen LogP contribution is 2.35. The van der Waals surface area contributed by atoms with E-state index in [1.807, 2.05) is 13.0 Å². The SMILES string of the molecule is Cc1ccn2c(C[C@H]3CN(C(=O)O)CCO3)c(-c3c(F)cc(N4CCCS4(=O)=O)cc3F)nc2c1. The molecule has 35 heavy (non-hydrogen) atoms. The Morgan fingerprint density at radius 1 is 1.23 bits per heavy atom. The summed E-state index contributed by atoms with van der Waals surface area (Å²) in [6, 6.07) is 5.65. The number of morpholine rings is 1. The van der Waals surface area contributed by atoms with Crippen LogP contribution in [0.3, 0.4) is 0 Å². The highest BCUT2D eigenvalue weighted by Gasteiger charge is 2.32. The van der Waals surface area contributed by atoms with Gasteiger partial charge in [0.15, 0.2) is 0 Å². The Morgan fingerprint density at radius 2 is 1.97 bits per heavy atom. The van der Waals surface area contributed by atoms with Crippen molar-refractivity contribution in [2.24, 2.45) is 0 Å². The molecule has 0 saturated carbocycles. The van der Waals surface area contributed by atoms with E-state index in [0.29, 0.717) is 17.8 Å². The van der Waals surface area contributed by atoms with E-state index in [0.717, 1.165) is 22.0 Å². The lowest BCUT2D eigenvalue weighted by Gasteiger charge is -2.31. The highest BCUT2D eigenvalue weighted by molar-refractivity contribution is 7.93. The van der Waals surface area contributed by atoms with Crippen LogP contribution in [-0.2, 0) is 21.2 Å². The number of aromatic nitrogens is 2. The number of carboxylic acid groups (broad SMARTS) is 1. The first-order valence-electron chi connectivity index (χ1n) is 11.2. The van der Waals surface area contributed by atoms with E-state index in [9.17, 15) is 18.3 Å². The van der Waals surface area contributed by atoms with E-state index < -0.39 is 33.9 Å². The molecule has 2 fully saturated rings. The van der Waals surface area contributed by atoms with Gasteiger partial charge in [-0.15, -0.1) is 0 Å². The van der Waals surface area contributed by atoms with Crippen LogP contribution in [0.15, 0.2) is 30.5 Å². The molecular formula is C23H24F2N4O5S. The number of rotatable bonds is 4. The second kappa shape index (κ2) is 8.76. The van der Waals surface area contributed by atoms with Crippen LogP contribution in [0, 0.1) is 18.6 Å². The van der Waals surface area contributed by atoms with Crippen molar-refractivity contribution in [3.63, 3.8) is 0 Å². The number of fused-ring (bicyclic) bond motifs is 1. The molecule has 2 aliphatic heterocycles. The number of halogens is 2. The average Bonchev–Trinajstić information content (AvgIpc) is 3.32. The van der Waals surface area contributed by atoms with Crippen molar-refractivity contribution in [3.8, 4) is 11.3 Å². The number of aryl methyl sites for hydroxylation is 1. The molecule has 2 saturated heterocycles. The maximum Gasteiger partial charge on any atom is 0.407 e. The first-order chi connectivity index (χ1) is 16.6. The second-order valence-electron chi connectivity index (χ2n) is 8.79. The third-order valence-corrected chi connectivity index (χ3v) is 8.23. The van der Waals surface area contributed by atoms with E-state index >= 15 is 8.78 Å². The normalized spacial score (nSPS) is 20.0. The molecule has 0 bridgehead atoms. The molecule has 4 heterocycles. The molecule has 0 aliphatic carbocycles. The van der Waals surface area contributed by atoms with Crippen molar-refractivity contribution in [2.45, 2.75) is 25.9 Å². The summed E-state index contributed by atoms with van der Waals surface area (Å²) in [7, 11) is -3.60. The van der Waals surface area contributed by atoms with Crippen molar-refractivity contribution in [1.82, 2.24) is 14.3 Å². The number of hydrogen-bond acceptors (Lipinski definition) is 5. The molecule has 5 rings (SSSR count). The molecule has 186 valence electrons. The fourth-order valence-corrected chi connectivity index (χ4v) is 6.23.